The number of hydrogen-bond donors (Lipinski definition) is 1. The van der Waals surface area contributed by atoms with E-state index in [0.717, 1.165) is 3.57 Å². The van der Waals surface area contributed by atoms with E-state index in [1.165, 1.54) is 12.1 Å². The van der Waals surface area contributed by atoms with E-state index in [1.807, 2.05) is 31.2 Å². The molecule has 0 radical (unpaired) electrons. The molecule has 0 aliphatic rings. The minimum Gasteiger partial charge on any atom is -0.322 e. The number of hydrogen-bond acceptors (Lipinski definition) is 2. The van der Waals surface area contributed by atoms with Crippen molar-refractivity contribution in [2.24, 2.45) is 0 Å². The molecule has 0 bridgehead atoms. The van der Waals surface area contributed by atoms with Crippen LogP contribution >= 0.6 is 22.6 Å². The number of aromatic nitrogens is 1. The first-order chi connectivity index (χ1) is 10.5. The van der Waals surface area contributed by atoms with Gasteiger partial charge in [0.25, 0.3) is 5.91 Å². The van der Waals surface area contributed by atoms with Gasteiger partial charge in [-0.2, -0.15) is 0 Å². The Bertz CT molecular complexity index is 862. The number of carbonyl (C=O) groups excluding carboxylic acids is 1. The van der Waals surface area contributed by atoms with Gasteiger partial charge in [0, 0.05) is 20.3 Å². The number of nitrogens with one attached hydrogen (secondary N) is 1. The fourth-order valence-electron chi connectivity index (χ4n) is 2.25. The van der Waals surface area contributed by atoms with Gasteiger partial charge < -0.3 is 5.32 Å². The number of halogens is 2. The minimum atomic E-state index is -0.388. The highest BCUT2D eigenvalue weighted by molar-refractivity contribution is 14.1. The molecule has 0 aliphatic heterocycles. The van der Waals surface area contributed by atoms with E-state index in [-0.39, 0.29) is 11.7 Å². The minimum absolute atomic E-state index is 0.276. The number of benzene rings is 2. The zero-order valence-electron chi connectivity index (χ0n) is 11.7. The summed E-state index contributed by atoms with van der Waals surface area (Å²) in [6.07, 6.45) is 0. The third kappa shape index (κ3) is 3.09. The Hall–Kier alpha value is -2.02. The first kappa shape index (κ1) is 14.9. The van der Waals surface area contributed by atoms with Crippen LogP contribution in [0.5, 0.6) is 0 Å². The van der Waals surface area contributed by atoms with E-state index in [1.54, 1.807) is 12.1 Å². The molecule has 0 saturated carbocycles. The Morgan fingerprint density at radius 2 is 1.86 bits per heavy atom. The van der Waals surface area contributed by atoms with Crippen LogP contribution in [-0.2, 0) is 0 Å². The molecular formula is C17H12FIN2O. The molecule has 3 rings (SSSR count). The zero-order valence-corrected chi connectivity index (χ0v) is 13.9. The zero-order chi connectivity index (χ0) is 15.7. The summed E-state index contributed by atoms with van der Waals surface area (Å²) in [5, 5.41) is 3.34. The smallest absolute Gasteiger partial charge is 0.256 e. The molecule has 1 aromatic heterocycles. The second-order valence-electron chi connectivity index (χ2n) is 4.93. The molecule has 0 saturated heterocycles. The molecule has 1 heterocycles. The predicted molar refractivity (Wildman–Crippen MR) is 93.6 cm³/mol. The molecule has 0 unspecified atom stereocenters. The Morgan fingerprint density at radius 1 is 1.14 bits per heavy atom. The molecule has 3 aromatic rings. The Kier molecular flexibility index (Phi) is 4.06. The lowest BCUT2D eigenvalue weighted by Crippen LogP contribution is -2.13. The topological polar surface area (TPSA) is 42.0 Å². The van der Waals surface area contributed by atoms with Gasteiger partial charge in [-0.3, -0.25) is 9.78 Å². The first-order valence-electron chi connectivity index (χ1n) is 6.67. The normalized spacial score (nSPS) is 10.7. The maximum Gasteiger partial charge on any atom is 0.256 e. The lowest BCUT2D eigenvalue weighted by Gasteiger charge is -2.09. The largest absolute Gasteiger partial charge is 0.322 e. The molecule has 0 aliphatic carbocycles. The summed E-state index contributed by atoms with van der Waals surface area (Å²) >= 11 is 2.20. The van der Waals surface area contributed by atoms with Crippen molar-refractivity contribution in [1.82, 2.24) is 4.98 Å². The van der Waals surface area contributed by atoms with Gasteiger partial charge in [0.1, 0.15) is 5.82 Å². The van der Waals surface area contributed by atoms with E-state index in [9.17, 15) is 9.18 Å². The van der Waals surface area contributed by atoms with Crippen LogP contribution in [0.3, 0.4) is 0 Å². The van der Waals surface area contributed by atoms with Gasteiger partial charge in [-0.25, -0.2) is 4.39 Å². The molecular weight excluding hydrogens is 394 g/mol. The standard InChI is InChI=1S/C17H12FIN2O/c1-10-8-15(14-9-11(18)2-7-16(14)20-10)17(22)21-13-5-3-12(19)4-6-13/h2-9H,1H3,(H,21,22). The third-order valence-electron chi connectivity index (χ3n) is 3.25. The number of pyridine rings is 1. The van der Waals surface area contributed by atoms with E-state index >= 15 is 0 Å². The molecule has 0 fully saturated rings. The van der Waals surface area contributed by atoms with Crippen molar-refractivity contribution < 1.29 is 9.18 Å². The average molecular weight is 406 g/mol. The molecule has 2 aromatic carbocycles. The predicted octanol–water partition coefficient (Wildman–Crippen LogP) is 4.54. The number of aryl methyl sites for hydroxylation is 1. The second kappa shape index (κ2) is 6.00. The Balaban J connectivity index is 2.03. The summed E-state index contributed by atoms with van der Waals surface area (Å²) in [7, 11) is 0. The maximum atomic E-state index is 13.5. The van der Waals surface area contributed by atoms with Crippen LogP contribution in [0, 0.1) is 16.3 Å². The number of amides is 1. The lowest BCUT2D eigenvalue weighted by atomic mass is 10.1. The summed E-state index contributed by atoms with van der Waals surface area (Å²) < 4.78 is 14.6. The second-order valence-corrected chi connectivity index (χ2v) is 6.18. The van der Waals surface area contributed by atoms with E-state index in [0.29, 0.717) is 27.8 Å². The Labute approximate surface area is 140 Å². The first-order valence-corrected chi connectivity index (χ1v) is 7.74. The summed E-state index contributed by atoms with van der Waals surface area (Å²) in [6, 6.07) is 13.4. The lowest BCUT2D eigenvalue weighted by molar-refractivity contribution is 0.102. The highest BCUT2D eigenvalue weighted by Crippen LogP contribution is 2.21. The fourth-order valence-corrected chi connectivity index (χ4v) is 2.61. The van der Waals surface area contributed by atoms with Crippen molar-refractivity contribution in [3.05, 3.63) is 69.2 Å². The van der Waals surface area contributed by atoms with Gasteiger partial charge in [0.15, 0.2) is 0 Å². The molecule has 5 heteroatoms. The van der Waals surface area contributed by atoms with Gasteiger partial charge in [-0.15, -0.1) is 0 Å². The molecule has 0 atom stereocenters. The van der Waals surface area contributed by atoms with Crippen LogP contribution in [0.4, 0.5) is 10.1 Å². The molecule has 0 spiro atoms. The fraction of sp³-hybridized carbons (Fsp3) is 0.0588. The SMILES string of the molecule is Cc1cc(C(=O)Nc2ccc(I)cc2)c2cc(F)ccc2n1. The van der Waals surface area contributed by atoms with Gasteiger partial charge >= 0.3 is 0 Å². The van der Waals surface area contributed by atoms with Crippen molar-refractivity contribution in [1.29, 1.82) is 0 Å². The molecule has 22 heavy (non-hydrogen) atoms. The highest BCUT2D eigenvalue weighted by atomic mass is 127. The monoisotopic (exact) mass is 406 g/mol. The summed E-state index contributed by atoms with van der Waals surface area (Å²) in [5.74, 6) is -0.663. The van der Waals surface area contributed by atoms with Gasteiger partial charge in [-0.05, 0) is 78.0 Å². The van der Waals surface area contributed by atoms with Crippen LogP contribution in [0.25, 0.3) is 10.9 Å². The van der Waals surface area contributed by atoms with Crippen LogP contribution in [0.15, 0.2) is 48.5 Å². The molecule has 1 N–H and O–H groups in total. The quantitative estimate of drug-likeness (QED) is 0.636. The van der Waals surface area contributed by atoms with Crippen LogP contribution in [0.2, 0.25) is 0 Å². The van der Waals surface area contributed by atoms with Gasteiger partial charge in [0.05, 0.1) is 11.1 Å². The van der Waals surface area contributed by atoms with Crippen LogP contribution < -0.4 is 5.32 Å². The van der Waals surface area contributed by atoms with E-state index in [2.05, 4.69) is 32.9 Å². The number of fused-ring (bicyclic) bond motifs is 1. The molecule has 1 amide bonds. The van der Waals surface area contributed by atoms with E-state index < -0.39 is 0 Å². The number of nitrogens with zero attached hydrogens (tertiary/aromatic N) is 1. The van der Waals surface area contributed by atoms with Crippen LogP contribution in [-0.4, -0.2) is 10.9 Å². The van der Waals surface area contributed by atoms with Crippen molar-refractivity contribution >= 4 is 45.1 Å². The van der Waals surface area contributed by atoms with Crippen molar-refractivity contribution in [2.45, 2.75) is 6.92 Å². The number of carbonyl (C=O) groups is 1. The van der Waals surface area contributed by atoms with Crippen molar-refractivity contribution in [3.8, 4) is 0 Å². The molecule has 3 nitrogen and oxygen atoms in total. The third-order valence-corrected chi connectivity index (χ3v) is 3.96. The van der Waals surface area contributed by atoms with Crippen LogP contribution in [0.1, 0.15) is 16.1 Å². The number of rotatable bonds is 2. The van der Waals surface area contributed by atoms with Gasteiger partial charge in [-0.1, -0.05) is 0 Å². The summed E-state index contributed by atoms with van der Waals surface area (Å²) in [6.45, 7) is 1.81. The number of anilines is 1. The summed E-state index contributed by atoms with van der Waals surface area (Å²) in [5.41, 5.74) is 2.44. The van der Waals surface area contributed by atoms with E-state index in [4.69, 9.17) is 0 Å². The Morgan fingerprint density at radius 3 is 2.59 bits per heavy atom. The van der Waals surface area contributed by atoms with Gasteiger partial charge in [0.2, 0.25) is 0 Å². The van der Waals surface area contributed by atoms with Crippen molar-refractivity contribution in [3.63, 3.8) is 0 Å². The average Bonchev–Trinajstić information content (AvgIpc) is 2.49. The van der Waals surface area contributed by atoms with Crippen molar-refractivity contribution in [2.75, 3.05) is 5.32 Å². The highest BCUT2D eigenvalue weighted by Gasteiger charge is 2.13. The summed E-state index contributed by atoms with van der Waals surface area (Å²) in [4.78, 5) is 16.8. The maximum absolute atomic E-state index is 13.5. The molecule has 110 valence electrons.